The Balaban J connectivity index is 0.00000132. The van der Waals surface area contributed by atoms with E-state index in [4.69, 9.17) is 0 Å². The zero-order valence-corrected chi connectivity index (χ0v) is 13.8. The largest absolute Gasteiger partial charge is 0.480 e. The number of hydrogen-bond donors (Lipinski definition) is 1. The predicted molar refractivity (Wildman–Crippen MR) is 89.5 cm³/mol. The normalized spacial score (nSPS) is 16.7. The van der Waals surface area contributed by atoms with E-state index in [-0.39, 0.29) is 30.6 Å². The van der Waals surface area contributed by atoms with Crippen molar-refractivity contribution in [2.24, 2.45) is 0 Å². The van der Waals surface area contributed by atoms with Crippen LogP contribution < -0.4 is 0 Å². The molecule has 0 bridgehead atoms. The fourth-order valence-corrected chi connectivity index (χ4v) is 2.72. The van der Waals surface area contributed by atoms with Crippen LogP contribution in [0.15, 0.2) is 42.6 Å². The molecule has 0 saturated heterocycles. The molecule has 1 unspecified atom stereocenters. The Hall–Kier alpha value is -1.69. The second-order valence-electron chi connectivity index (χ2n) is 5.20. The Morgan fingerprint density at radius 1 is 1.26 bits per heavy atom. The van der Waals surface area contributed by atoms with Gasteiger partial charge in [0, 0.05) is 19.3 Å². The third-order valence-electron chi connectivity index (χ3n) is 3.77. The molecule has 0 spiro atoms. The van der Waals surface area contributed by atoms with Crippen LogP contribution in [0, 0.1) is 5.82 Å². The van der Waals surface area contributed by atoms with E-state index in [2.05, 4.69) is 4.98 Å². The van der Waals surface area contributed by atoms with Gasteiger partial charge in [-0.05, 0) is 41.8 Å². The van der Waals surface area contributed by atoms with Gasteiger partial charge in [-0.15, -0.1) is 24.8 Å². The highest BCUT2D eigenvalue weighted by Gasteiger charge is 2.31. The summed E-state index contributed by atoms with van der Waals surface area (Å²) in [4.78, 5) is 17.6. The number of nitrogens with zero attached hydrogens (tertiary/aromatic N) is 2. The standard InChI is InChI=1S/C16H15FN2O2.2ClH/c17-13-5-4-11-8-15(16(20)21)19(9-12(11)7-13)10-14-3-1-2-6-18-14;;/h1-7,15H,8-10H2,(H,20,21);2*1H. The van der Waals surface area contributed by atoms with Crippen molar-refractivity contribution in [3.8, 4) is 0 Å². The van der Waals surface area contributed by atoms with E-state index < -0.39 is 12.0 Å². The maximum absolute atomic E-state index is 13.4. The van der Waals surface area contributed by atoms with Crippen molar-refractivity contribution in [2.75, 3.05) is 0 Å². The summed E-state index contributed by atoms with van der Waals surface area (Å²) < 4.78 is 13.4. The van der Waals surface area contributed by atoms with Gasteiger partial charge in [-0.2, -0.15) is 0 Å². The number of carboxylic acid groups (broad SMARTS) is 1. The van der Waals surface area contributed by atoms with Crippen molar-refractivity contribution in [3.05, 3.63) is 65.2 Å². The van der Waals surface area contributed by atoms with Gasteiger partial charge in [-0.3, -0.25) is 14.7 Å². The maximum atomic E-state index is 13.4. The third-order valence-corrected chi connectivity index (χ3v) is 3.77. The second-order valence-corrected chi connectivity index (χ2v) is 5.20. The van der Waals surface area contributed by atoms with Crippen molar-refractivity contribution in [1.82, 2.24) is 9.88 Å². The van der Waals surface area contributed by atoms with Gasteiger partial charge < -0.3 is 5.11 Å². The number of halogens is 3. The fraction of sp³-hybridized carbons (Fsp3) is 0.250. The molecule has 2 heterocycles. The molecule has 7 heteroatoms. The Bertz CT molecular complexity index is 670. The van der Waals surface area contributed by atoms with Gasteiger partial charge in [0.15, 0.2) is 0 Å². The summed E-state index contributed by atoms with van der Waals surface area (Å²) in [6.07, 6.45) is 2.07. The van der Waals surface area contributed by atoms with E-state index in [1.165, 1.54) is 12.1 Å². The van der Waals surface area contributed by atoms with Crippen molar-refractivity contribution in [2.45, 2.75) is 25.6 Å². The molecular formula is C16H17Cl2FN2O2. The van der Waals surface area contributed by atoms with Crippen LogP contribution in [0.3, 0.4) is 0 Å². The first-order valence-electron chi connectivity index (χ1n) is 6.77. The van der Waals surface area contributed by atoms with Crippen molar-refractivity contribution in [1.29, 1.82) is 0 Å². The number of fused-ring (bicyclic) bond motifs is 1. The van der Waals surface area contributed by atoms with Gasteiger partial charge in [-0.25, -0.2) is 4.39 Å². The lowest BCUT2D eigenvalue weighted by atomic mass is 9.93. The van der Waals surface area contributed by atoms with E-state index in [9.17, 15) is 14.3 Å². The molecule has 1 aliphatic rings. The average Bonchev–Trinajstić information content (AvgIpc) is 2.47. The maximum Gasteiger partial charge on any atom is 0.321 e. The van der Waals surface area contributed by atoms with Crippen LogP contribution in [0.5, 0.6) is 0 Å². The molecule has 1 atom stereocenters. The predicted octanol–water partition coefficient (Wildman–Crippen LogP) is 3.08. The van der Waals surface area contributed by atoms with Gasteiger partial charge in [0.2, 0.25) is 0 Å². The summed E-state index contributed by atoms with van der Waals surface area (Å²) in [6.45, 7) is 0.856. The van der Waals surface area contributed by atoms with Crippen molar-refractivity contribution in [3.63, 3.8) is 0 Å². The molecule has 0 radical (unpaired) electrons. The number of aromatic nitrogens is 1. The third kappa shape index (κ3) is 4.41. The Labute approximate surface area is 146 Å². The first-order chi connectivity index (χ1) is 10.1. The molecule has 1 aliphatic heterocycles. The zero-order valence-electron chi connectivity index (χ0n) is 12.2. The second kappa shape index (κ2) is 8.24. The number of rotatable bonds is 3. The summed E-state index contributed by atoms with van der Waals surface area (Å²) in [5.41, 5.74) is 2.56. The minimum Gasteiger partial charge on any atom is -0.480 e. The van der Waals surface area contributed by atoms with Crippen molar-refractivity contribution >= 4 is 30.8 Å². The minimum atomic E-state index is -0.860. The van der Waals surface area contributed by atoms with Crippen LogP contribution in [0.25, 0.3) is 0 Å². The monoisotopic (exact) mass is 358 g/mol. The van der Waals surface area contributed by atoms with Gasteiger partial charge in [0.1, 0.15) is 11.9 Å². The smallest absolute Gasteiger partial charge is 0.321 e. The molecule has 3 rings (SSSR count). The number of pyridine rings is 1. The van der Waals surface area contributed by atoms with E-state index in [0.717, 1.165) is 16.8 Å². The van der Waals surface area contributed by atoms with Gasteiger partial charge >= 0.3 is 5.97 Å². The number of hydrogen-bond acceptors (Lipinski definition) is 3. The van der Waals surface area contributed by atoms with Gasteiger partial charge in [0.25, 0.3) is 0 Å². The fourth-order valence-electron chi connectivity index (χ4n) is 2.72. The molecule has 0 saturated carbocycles. The van der Waals surface area contributed by atoms with E-state index in [0.29, 0.717) is 19.5 Å². The molecule has 0 aliphatic carbocycles. The Morgan fingerprint density at radius 3 is 2.70 bits per heavy atom. The zero-order chi connectivity index (χ0) is 14.8. The number of benzene rings is 1. The van der Waals surface area contributed by atoms with Gasteiger partial charge in [0.05, 0.1) is 5.69 Å². The van der Waals surface area contributed by atoms with E-state index in [1.54, 1.807) is 12.3 Å². The summed E-state index contributed by atoms with van der Waals surface area (Å²) in [5.74, 6) is -1.15. The first-order valence-corrected chi connectivity index (χ1v) is 6.77. The lowest BCUT2D eigenvalue weighted by Gasteiger charge is -2.34. The number of carbonyl (C=O) groups is 1. The first kappa shape index (κ1) is 19.4. The van der Waals surface area contributed by atoms with Crippen LogP contribution >= 0.6 is 24.8 Å². The Kier molecular flexibility index (Phi) is 6.94. The summed E-state index contributed by atoms with van der Waals surface area (Å²) in [6, 6.07) is 9.49. The van der Waals surface area contributed by atoms with Gasteiger partial charge in [-0.1, -0.05) is 12.1 Å². The summed E-state index contributed by atoms with van der Waals surface area (Å²) >= 11 is 0. The molecule has 2 aromatic rings. The van der Waals surface area contributed by atoms with Crippen molar-refractivity contribution < 1.29 is 14.3 Å². The summed E-state index contributed by atoms with van der Waals surface area (Å²) in [7, 11) is 0. The quantitative estimate of drug-likeness (QED) is 0.915. The molecule has 124 valence electrons. The molecule has 0 amide bonds. The minimum absolute atomic E-state index is 0. The lowest BCUT2D eigenvalue weighted by Crippen LogP contribution is -2.45. The topological polar surface area (TPSA) is 53.4 Å². The Morgan fingerprint density at radius 2 is 2.04 bits per heavy atom. The molecule has 1 N–H and O–H groups in total. The number of carboxylic acids is 1. The molecule has 4 nitrogen and oxygen atoms in total. The molecule has 1 aromatic carbocycles. The molecule has 0 fully saturated rings. The van der Waals surface area contributed by atoms with E-state index >= 15 is 0 Å². The molecule has 1 aromatic heterocycles. The molecular weight excluding hydrogens is 342 g/mol. The summed E-state index contributed by atoms with van der Waals surface area (Å²) in [5, 5.41) is 9.43. The SMILES string of the molecule is Cl.Cl.O=C(O)C1Cc2ccc(F)cc2CN1Cc1ccccn1. The lowest BCUT2D eigenvalue weighted by molar-refractivity contribution is -0.144. The highest BCUT2D eigenvalue weighted by molar-refractivity contribution is 5.85. The molecule has 23 heavy (non-hydrogen) atoms. The van der Waals surface area contributed by atoms with Crippen LogP contribution in [0.1, 0.15) is 16.8 Å². The van der Waals surface area contributed by atoms with Crippen LogP contribution in [-0.4, -0.2) is 27.0 Å². The van der Waals surface area contributed by atoms with Crippen LogP contribution in [0.2, 0.25) is 0 Å². The highest BCUT2D eigenvalue weighted by atomic mass is 35.5. The van der Waals surface area contributed by atoms with Crippen LogP contribution in [-0.2, 0) is 24.3 Å². The average molecular weight is 359 g/mol. The highest BCUT2D eigenvalue weighted by Crippen LogP contribution is 2.25. The van der Waals surface area contributed by atoms with Crippen LogP contribution in [0.4, 0.5) is 4.39 Å². The number of aliphatic carboxylic acids is 1. The van der Waals surface area contributed by atoms with E-state index in [1.807, 2.05) is 23.1 Å².